The van der Waals surface area contributed by atoms with Gasteiger partial charge in [-0.25, -0.2) is 9.79 Å². The number of carbonyl (C=O) groups excluding carboxylic acids is 1. The monoisotopic (exact) mass is 309 g/mol. The van der Waals surface area contributed by atoms with Gasteiger partial charge in [0.2, 0.25) is 5.90 Å². The molecule has 2 heterocycles. The first-order chi connectivity index (χ1) is 11.3. The Morgan fingerprint density at radius 1 is 1.00 bits per heavy atom. The molecule has 0 amide bonds. The summed E-state index contributed by atoms with van der Waals surface area (Å²) in [5, 5.41) is 0. The highest BCUT2D eigenvalue weighted by Crippen LogP contribution is 2.31. The normalized spacial score (nSPS) is 19.2. The van der Waals surface area contributed by atoms with Crippen molar-refractivity contribution < 1.29 is 19.0 Å². The van der Waals surface area contributed by atoms with E-state index in [1.165, 1.54) is 0 Å². The lowest BCUT2D eigenvalue weighted by molar-refractivity contribution is -0.134. The largest absolute Gasteiger partial charge is 0.486 e. The number of hydrogen-bond donors (Lipinski definition) is 0. The number of rotatable bonds is 3. The molecule has 2 aliphatic heterocycles. The molecule has 116 valence electrons. The zero-order valence-corrected chi connectivity index (χ0v) is 12.4. The van der Waals surface area contributed by atoms with Crippen molar-refractivity contribution in [2.45, 2.75) is 12.5 Å². The molecule has 0 spiro atoms. The second-order valence-corrected chi connectivity index (χ2v) is 5.42. The molecule has 0 aliphatic carbocycles. The number of aliphatic imine (C=N–C) groups is 1. The lowest BCUT2D eigenvalue weighted by atomic mass is 10.1. The number of carbonyl (C=O) groups is 1. The number of nitrogens with zero attached hydrogens (tertiary/aromatic N) is 1. The number of fused-ring (bicyclic) bond motifs is 1. The van der Waals surface area contributed by atoms with E-state index in [4.69, 9.17) is 14.2 Å². The average molecular weight is 309 g/mol. The SMILES string of the molecule is O=C1OC(c2ccccc2)=N[C@H]1Cc1ccc2c(c1)OCCO2. The molecule has 0 radical (unpaired) electrons. The van der Waals surface area contributed by atoms with Gasteiger partial charge in [-0.3, -0.25) is 0 Å². The molecule has 0 fully saturated rings. The first-order valence-electron chi connectivity index (χ1n) is 7.53. The van der Waals surface area contributed by atoms with E-state index in [9.17, 15) is 4.79 Å². The van der Waals surface area contributed by atoms with Crippen LogP contribution < -0.4 is 9.47 Å². The minimum atomic E-state index is -0.521. The van der Waals surface area contributed by atoms with E-state index in [1.807, 2.05) is 48.5 Å². The minimum Gasteiger partial charge on any atom is -0.486 e. The molecule has 2 aliphatic rings. The maximum Gasteiger partial charge on any atom is 0.338 e. The molecule has 0 bridgehead atoms. The second-order valence-electron chi connectivity index (χ2n) is 5.42. The third kappa shape index (κ3) is 2.77. The van der Waals surface area contributed by atoms with E-state index >= 15 is 0 Å². The molecule has 4 rings (SSSR count). The fourth-order valence-corrected chi connectivity index (χ4v) is 2.67. The predicted octanol–water partition coefficient (Wildman–Crippen LogP) is 2.37. The molecular weight excluding hydrogens is 294 g/mol. The van der Waals surface area contributed by atoms with E-state index < -0.39 is 6.04 Å². The number of ether oxygens (including phenoxy) is 3. The molecule has 0 unspecified atom stereocenters. The number of benzene rings is 2. The van der Waals surface area contributed by atoms with Crippen molar-refractivity contribution in [3.8, 4) is 11.5 Å². The van der Waals surface area contributed by atoms with E-state index in [0.29, 0.717) is 31.3 Å². The zero-order valence-electron chi connectivity index (χ0n) is 12.4. The van der Waals surface area contributed by atoms with Gasteiger partial charge in [0.1, 0.15) is 13.2 Å². The summed E-state index contributed by atoms with van der Waals surface area (Å²) < 4.78 is 16.4. The Bertz CT molecular complexity index is 770. The minimum absolute atomic E-state index is 0.321. The Kier molecular flexibility index (Phi) is 3.46. The van der Waals surface area contributed by atoms with Gasteiger partial charge in [0.05, 0.1) is 0 Å². The predicted molar refractivity (Wildman–Crippen MR) is 84.0 cm³/mol. The van der Waals surface area contributed by atoms with Crippen LogP contribution in [0, 0.1) is 0 Å². The van der Waals surface area contributed by atoms with Crippen LogP contribution in [0.25, 0.3) is 0 Å². The molecule has 5 nitrogen and oxygen atoms in total. The van der Waals surface area contributed by atoms with Crippen LogP contribution in [0.15, 0.2) is 53.5 Å². The van der Waals surface area contributed by atoms with Gasteiger partial charge in [-0.2, -0.15) is 0 Å². The molecule has 1 atom stereocenters. The van der Waals surface area contributed by atoms with Crippen molar-refractivity contribution in [2.75, 3.05) is 13.2 Å². The fraction of sp³-hybridized carbons (Fsp3) is 0.222. The van der Waals surface area contributed by atoms with Gasteiger partial charge in [0.25, 0.3) is 0 Å². The van der Waals surface area contributed by atoms with Crippen molar-refractivity contribution in [2.24, 2.45) is 4.99 Å². The van der Waals surface area contributed by atoms with Crippen LogP contribution in [0.2, 0.25) is 0 Å². The molecule has 0 saturated heterocycles. The quantitative estimate of drug-likeness (QED) is 0.817. The van der Waals surface area contributed by atoms with Crippen LogP contribution in [0.4, 0.5) is 0 Å². The Labute approximate surface area is 133 Å². The average Bonchev–Trinajstić information content (AvgIpc) is 2.96. The second kappa shape index (κ2) is 5.76. The van der Waals surface area contributed by atoms with E-state index in [-0.39, 0.29) is 5.97 Å². The summed E-state index contributed by atoms with van der Waals surface area (Å²) >= 11 is 0. The van der Waals surface area contributed by atoms with Crippen LogP contribution >= 0.6 is 0 Å². The Hall–Kier alpha value is -2.82. The van der Waals surface area contributed by atoms with Gasteiger partial charge in [-0.05, 0) is 29.8 Å². The lowest BCUT2D eigenvalue weighted by Crippen LogP contribution is -2.19. The van der Waals surface area contributed by atoms with E-state index in [2.05, 4.69) is 4.99 Å². The molecule has 23 heavy (non-hydrogen) atoms. The maximum atomic E-state index is 12.1. The third-order valence-electron chi connectivity index (χ3n) is 3.80. The van der Waals surface area contributed by atoms with Crippen LogP contribution in [-0.2, 0) is 16.0 Å². The summed E-state index contributed by atoms with van der Waals surface area (Å²) in [6, 6.07) is 14.6. The van der Waals surface area contributed by atoms with E-state index in [1.54, 1.807) is 0 Å². The molecular formula is C18H15NO4. The van der Waals surface area contributed by atoms with Crippen molar-refractivity contribution in [3.05, 3.63) is 59.7 Å². The smallest absolute Gasteiger partial charge is 0.338 e. The fourth-order valence-electron chi connectivity index (χ4n) is 2.67. The van der Waals surface area contributed by atoms with Gasteiger partial charge in [-0.1, -0.05) is 24.3 Å². The molecule has 0 N–H and O–H groups in total. The molecule has 0 aromatic heterocycles. The van der Waals surface area contributed by atoms with Gasteiger partial charge in [0, 0.05) is 12.0 Å². The Morgan fingerprint density at radius 3 is 2.61 bits per heavy atom. The van der Waals surface area contributed by atoms with Crippen molar-refractivity contribution in [3.63, 3.8) is 0 Å². The first-order valence-corrected chi connectivity index (χ1v) is 7.53. The van der Waals surface area contributed by atoms with Crippen molar-refractivity contribution in [1.29, 1.82) is 0 Å². The topological polar surface area (TPSA) is 57.1 Å². The van der Waals surface area contributed by atoms with Crippen molar-refractivity contribution in [1.82, 2.24) is 0 Å². The number of esters is 1. The van der Waals surface area contributed by atoms with Crippen LogP contribution in [0.3, 0.4) is 0 Å². The molecule has 2 aromatic carbocycles. The van der Waals surface area contributed by atoms with Gasteiger partial charge in [-0.15, -0.1) is 0 Å². The number of cyclic esters (lactones) is 1. The summed E-state index contributed by atoms with van der Waals surface area (Å²) in [5.74, 6) is 1.52. The summed E-state index contributed by atoms with van der Waals surface area (Å²) in [6.07, 6.45) is 0.478. The first kappa shape index (κ1) is 13.8. The third-order valence-corrected chi connectivity index (χ3v) is 3.80. The highest BCUT2D eigenvalue weighted by molar-refractivity contribution is 6.06. The Balaban J connectivity index is 1.54. The highest BCUT2D eigenvalue weighted by atomic mass is 16.6. The molecule has 0 saturated carbocycles. The maximum absolute atomic E-state index is 12.1. The van der Waals surface area contributed by atoms with Crippen LogP contribution in [0.1, 0.15) is 11.1 Å². The number of hydrogen-bond acceptors (Lipinski definition) is 5. The highest BCUT2D eigenvalue weighted by Gasteiger charge is 2.30. The summed E-state index contributed by atoms with van der Waals surface area (Å²) in [4.78, 5) is 16.5. The van der Waals surface area contributed by atoms with E-state index in [0.717, 1.165) is 16.9 Å². The lowest BCUT2D eigenvalue weighted by Gasteiger charge is -2.19. The summed E-state index contributed by atoms with van der Waals surface area (Å²) in [7, 11) is 0. The van der Waals surface area contributed by atoms with Gasteiger partial charge in [0.15, 0.2) is 17.5 Å². The van der Waals surface area contributed by atoms with Crippen LogP contribution in [0.5, 0.6) is 11.5 Å². The molecule has 5 heteroatoms. The van der Waals surface area contributed by atoms with Crippen LogP contribution in [-0.4, -0.2) is 31.1 Å². The molecule has 2 aromatic rings. The standard InChI is InChI=1S/C18H15NO4/c20-18-14(19-17(23-18)13-4-2-1-3-5-13)10-12-6-7-15-16(11-12)22-9-8-21-15/h1-7,11,14H,8-10H2/t14-/m0/s1. The van der Waals surface area contributed by atoms with Gasteiger partial charge < -0.3 is 14.2 Å². The van der Waals surface area contributed by atoms with Gasteiger partial charge >= 0.3 is 5.97 Å². The summed E-state index contributed by atoms with van der Waals surface area (Å²) in [6.45, 7) is 1.10. The Morgan fingerprint density at radius 2 is 1.78 bits per heavy atom. The van der Waals surface area contributed by atoms with Crippen molar-refractivity contribution >= 4 is 11.9 Å². The summed E-state index contributed by atoms with van der Waals surface area (Å²) in [5.41, 5.74) is 1.78. The zero-order chi connectivity index (χ0) is 15.6.